The number of nitrogens with zero attached hydrogens (tertiary/aromatic N) is 2. The van der Waals surface area contributed by atoms with Crippen molar-refractivity contribution >= 4 is 5.95 Å². The van der Waals surface area contributed by atoms with Crippen molar-refractivity contribution in [3.8, 4) is 11.3 Å². The molecule has 3 nitrogen and oxygen atoms in total. The fraction of sp³-hybridized carbons (Fsp3) is 0.357. The van der Waals surface area contributed by atoms with Crippen LogP contribution in [0.2, 0.25) is 0 Å². The zero-order valence-electron chi connectivity index (χ0n) is 10.6. The van der Waals surface area contributed by atoms with Crippen LogP contribution in [0.15, 0.2) is 30.5 Å². The Morgan fingerprint density at radius 2 is 1.94 bits per heavy atom. The largest absolute Gasteiger partial charge is 0.369 e. The molecule has 0 amide bonds. The minimum Gasteiger partial charge on any atom is -0.369 e. The molecule has 1 heterocycles. The van der Waals surface area contributed by atoms with Crippen molar-refractivity contribution in [2.24, 2.45) is 7.05 Å². The molecule has 1 aromatic carbocycles. The minimum atomic E-state index is 0.547. The molecule has 1 atom stereocenters. The van der Waals surface area contributed by atoms with E-state index in [4.69, 9.17) is 5.73 Å². The van der Waals surface area contributed by atoms with E-state index in [-0.39, 0.29) is 0 Å². The summed E-state index contributed by atoms with van der Waals surface area (Å²) in [7, 11) is 1.93. The summed E-state index contributed by atoms with van der Waals surface area (Å²) in [6.07, 6.45) is 2.98. The molecule has 0 saturated carbocycles. The van der Waals surface area contributed by atoms with Crippen LogP contribution in [-0.2, 0) is 7.05 Å². The van der Waals surface area contributed by atoms with Crippen LogP contribution in [-0.4, -0.2) is 9.55 Å². The predicted octanol–water partition coefficient (Wildman–Crippen LogP) is 3.18. The Bertz CT molecular complexity index is 497. The first-order chi connectivity index (χ1) is 8.13. The average Bonchev–Trinajstić information content (AvgIpc) is 2.69. The predicted molar refractivity (Wildman–Crippen MR) is 71.8 cm³/mol. The molecule has 2 aromatic rings. The standard InChI is InChI=1S/C14H19N3/c1-4-10(2)11-5-7-12(8-6-11)13-9-16-14(15)17(13)3/h5-10H,4H2,1-3H3,(H2,15,16). The summed E-state index contributed by atoms with van der Waals surface area (Å²) in [4.78, 5) is 4.11. The molecule has 0 aliphatic rings. The van der Waals surface area contributed by atoms with E-state index in [1.165, 1.54) is 5.56 Å². The van der Waals surface area contributed by atoms with Gasteiger partial charge in [-0.25, -0.2) is 4.98 Å². The number of hydrogen-bond acceptors (Lipinski definition) is 2. The maximum atomic E-state index is 5.73. The maximum Gasteiger partial charge on any atom is 0.200 e. The number of nitrogens with two attached hydrogens (primary N) is 1. The lowest BCUT2D eigenvalue weighted by molar-refractivity contribution is 0.734. The third kappa shape index (κ3) is 2.18. The first-order valence-electron chi connectivity index (χ1n) is 6.01. The molecule has 3 heteroatoms. The van der Waals surface area contributed by atoms with Crippen LogP contribution in [0.1, 0.15) is 31.7 Å². The Labute approximate surface area is 102 Å². The number of benzene rings is 1. The molecular weight excluding hydrogens is 210 g/mol. The van der Waals surface area contributed by atoms with Crippen molar-refractivity contribution in [2.45, 2.75) is 26.2 Å². The Morgan fingerprint density at radius 3 is 2.41 bits per heavy atom. The van der Waals surface area contributed by atoms with Crippen molar-refractivity contribution in [3.63, 3.8) is 0 Å². The molecule has 90 valence electrons. The van der Waals surface area contributed by atoms with E-state index in [0.29, 0.717) is 11.9 Å². The first kappa shape index (κ1) is 11.7. The van der Waals surface area contributed by atoms with Crippen LogP contribution >= 0.6 is 0 Å². The highest BCUT2D eigenvalue weighted by atomic mass is 15.1. The zero-order valence-corrected chi connectivity index (χ0v) is 10.6. The van der Waals surface area contributed by atoms with Gasteiger partial charge in [-0.05, 0) is 23.5 Å². The minimum absolute atomic E-state index is 0.547. The number of imidazole rings is 1. The van der Waals surface area contributed by atoms with Gasteiger partial charge in [0.15, 0.2) is 5.95 Å². The second kappa shape index (κ2) is 4.62. The van der Waals surface area contributed by atoms with Gasteiger partial charge in [0.1, 0.15) is 0 Å². The van der Waals surface area contributed by atoms with Gasteiger partial charge in [-0.1, -0.05) is 38.1 Å². The molecule has 17 heavy (non-hydrogen) atoms. The summed E-state index contributed by atoms with van der Waals surface area (Å²) in [5.41, 5.74) is 9.32. The second-order valence-corrected chi connectivity index (χ2v) is 4.49. The molecule has 2 N–H and O–H groups in total. The van der Waals surface area contributed by atoms with Gasteiger partial charge in [0, 0.05) is 7.05 Å². The summed E-state index contributed by atoms with van der Waals surface area (Å²) >= 11 is 0. The summed E-state index contributed by atoms with van der Waals surface area (Å²) in [6.45, 7) is 4.46. The Hall–Kier alpha value is -1.77. The van der Waals surface area contributed by atoms with Gasteiger partial charge in [0.2, 0.25) is 0 Å². The van der Waals surface area contributed by atoms with Crippen molar-refractivity contribution in [1.29, 1.82) is 0 Å². The van der Waals surface area contributed by atoms with Gasteiger partial charge in [0.05, 0.1) is 11.9 Å². The highest BCUT2D eigenvalue weighted by molar-refractivity contribution is 5.61. The molecule has 1 aromatic heterocycles. The maximum absolute atomic E-state index is 5.73. The molecule has 0 aliphatic heterocycles. The first-order valence-corrected chi connectivity index (χ1v) is 6.01. The van der Waals surface area contributed by atoms with Crippen LogP contribution in [0.3, 0.4) is 0 Å². The van der Waals surface area contributed by atoms with E-state index in [2.05, 4.69) is 43.1 Å². The molecule has 0 aliphatic carbocycles. The van der Waals surface area contributed by atoms with Gasteiger partial charge >= 0.3 is 0 Å². The van der Waals surface area contributed by atoms with Crippen molar-refractivity contribution in [1.82, 2.24) is 9.55 Å². The van der Waals surface area contributed by atoms with Gasteiger partial charge in [0.25, 0.3) is 0 Å². The molecule has 1 unspecified atom stereocenters. The van der Waals surface area contributed by atoms with E-state index in [0.717, 1.165) is 17.7 Å². The average molecular weight is 229 g/mol. The van der Waals surface area contributed by atoms with Gasteiger partial charge in [-0.3, -0.25) is 0 Å². The molecule has 0 spiro atoms. The van der Waals surface area contributed by atoms with Crippen LogP contribution < -0.4 is 5.73 Å². The van der Waals surface area contributed by atoms with Crippen LogP contribution in [0, 0.1) is 0 Å². The highest BCUT2D eigenvalue weighted by Gasteiger charge is 2.07. The van der Waals surface area contributed by atoms with Gasteiger partial charge in [-0.2, -0.15) is 0 Å². The molecular formula is C14H19N3. The monoisotopic (exact) mass is 229 g/mol. The normalized spacial score (nSPS) is 12.6. The summed E-state index contributed by atoms with van der Waals surface area (Å²) in [6, 6.07) is 8.65. The van der Waals surface area contributed by atoms with E-state index >= 15 is 0 Å². The third-order valence-corrected chi connectivity index (χ3v) is 3.41. The van der Waals surface area contributed by atoms with Crippen molar-refractivity contribution < 1.29 is 0 Å². The Morgan fingerprint density at radius 1 is 1.29 bits per heavy atom. The molecule has 0 fully saturated rings. The van der Waals surface area contributed by atoms with Gasteiger partial charge in [-0.15, -0.1) is 0 Å². The van der Waals surface area contributed by atoms with E-state index in [9.17, 15) is 0 Å². The number of hydrogen-bond donors (Lipinski definition) is 1. The van der Waals surface area contributed by atoms with Gasteiger partial charge < -0.3 is 10.3 Å². The highest BCUT2D eigenvalue weighted by Crippen LogP contribution is 2.24. The number of nitrogen functional groups attached to an aromatic ring is 1. The number of anilines is 1. The van der Waals surface area contributed by atoms with E-state index < -0.39 is 0 Å². The van der Waals surface area contributed by atoms with Crippen molar-refractivity contribution in [2.75, 3.05) is 5.73 Å². The van der Waals surface area contributed by atoms with Crippen molar-refractivity contribution in [3.05, 3.63) is 36.0 Å². The molecule has 0 radical (unpaired) electrons. The topological polar surface area (TPSA) is 43.8 Å². The number of aromatic nitrogens is 2. The summed E-state index contributed by atoms with van der Waals surface area (Å²) in [5, 5.41) is 0. The lowest BCUT2D eigenvalue weighted by atomic mass is 9.97. The molecule has 0 saturated heterocycles. The lowest BCUT2D eigenvalue weighted by Crippen LogP contribution is -1.98. The third-order valence-electron chi connectivity index (χ3n) is 3.41. The fourth-order valence-corrected chi connectivity index (χ4v) is 1.91. The smallest absolute Gasteiger partial charge is 0.200 e. The molecule has 0 bridgehead atoms. The quantitative estimate of drug-likeness (QED) is 0.878. The summed E-state index contributed by atoms with van der Waals surface area (Å²) < 4.78 is 1.90. The van der Waals surface area contributed by atoms with Crippen LogP contribution in [0.25, 0.3) is 11.3 Å². The lowest BCUT2D eigenvalue weighted by Gasteiger charge is -2.10. The van der Waals surface area contributed by atoms with Crippen LogP contribution in [0.5, 0.6) is 0 Å². The summed E-state index contributed by atoms with van der Waals surface area (Å²) in [5.74, 6) is 1.16. The van der Waals surface area contributed by atoms with E-state index in [1.807, 2.05) is 17.8 Å². The zero-order chi connectivity index (χ0) is 12.4. The fourth-order valence-electron chi connectivity index (χ4n) is 1.91. The second-order valence-electron chi connectivity index (χ2n) is 4.49. The Balaban J connectivity index is 2.32. The molecule has 2 rings (SSSR count). The number of rotatable bonds is 3. The Kier molecular flexibility index (Phi) is 3.18. The van der Waals surface area contributed by atoms with E-state index in [1.54, 1.807) is 0 Å². The SMILES string of the molecule is CCC(C)c1ccc(-c2cnc(N)n2C)cc1. The van der Waals surface area contributed by atoms with Crippen LogP contribution in [0.4, 0.5) is 5.95 Å².